The predicted molar refractivity (Wildman–Crippen MR) is 150 cm³/mol. The molecule has 1 nitrogen and oxygen atoms in total. The van der Waals surface area contributed by atoms with Gasteiger partial charge in [0.15, 0.2) is 0 Å². The molecule has 0 bridgehead atoms. The van der Waals surface area contributed by atoms with Crippen LogP contribution in [-0.4, -0.2) is 0 Å². The second-order valence-corrected chi connectivity index (χ2v) is 11.6. The van der Waals surface area contributed by atoms with Crippen LogP contribution in [0.15, 0.2) is 60.7 Å². The van der Waals surface area contributed by atoms with Crippen LogP contribution in [0.5, 0.6) is 0 Å². The molecule has 37 heavy (non-hydrogen) atoms. The van der Waals surface area contributed by atoms with Crippen molar-refractivity contribution < 1.29 is 13.5 Å². The molecule has 0 amide bonds. The molecule has 0 radical (unpaired) electrons. The molecule has 0 aromatic heterocycles. The van der Waals surface area contributed by atoms with Gasteiger partial charge in [-0.15, -0.1) is 0 Å². The molecule has 0 N–H and O–H groups in total. The SMILES string of the molecule is C/C=C/CCC1CCC(c2ccc(C(F)(F)OC(C)c3ccc(C4CCC(CC)CC4)cc3)cc2)CC1. The maximum atomic E-state index is 15.1. The van der Waals surface area contributed by atoms with Gasteiger partial charge in [0, 0.05) is 0 Å². The van der Waals surface area contributed by atoms with Crippen molar-refractivity contribution in [3.05, 3.63) is 82.9 Å². The van der Waals surface area contributed by atoms with Crippen molar-refractivity contribution in [2.75, 3.05) is 0 Å². The van der Waals surface area contributed by atoms with E-state index in [1.54, 1.807) is 19.1 Å². The molecule has 2 aliphatic carbocycles. The Morgan fingerprint density at radius 2 is 1.32 bits per heavy atom. The summed E-state index contributed by atoms with van der Waals surface area (Å²) < 4.78 is 35.5. The number of benzene rings is 2. The van der Waals surface area contributed by atoms with Crippen LogP contribution in [0.3, 0.4) is 0 Å². The van der Waals surface area contributed by atoms with Crippen molar-refractivity contribution in [1.82, 2.24) is 0 Å². The van der Waals surface area contributed by atoms with Crippen molar-refractivity contribution >= 4 is 0 Å². The molecule has 0 aliphatic heterocycles. The highest BCUT2D eigenvalue weighted by Gasteiger charge is 2.35. The number of ether oxygens (including phenoxy) is 1. The van der Waals surface area contributed by atoms with Gasteiger partial charge in [0.1, 0.15) is 0 Å². The number of hydrogen-bond acceptors (Lipinski definition) is 1. The highest BCUT2D eigenvalue weighted by atomic mass is 19.3. The Morgan fingerprint density at radius 3 is 1.84 bits per heavy atom. The first-order chi connectivity index (χ1) is 17.9. The lowest BCUT2D eigenvalue weighted by atomic mass is 9.77. The van der Waals surface area contributed by atoms with Crippen LogP contribution in [0.4, 0.5) is 8.78 Å². The van der Waals surface area contributed by atoms with Crippen molar-refractivity contribution in [3.8, 4) is 0 Å². The summed E-state index contributed by atoms with van der Waals surface area (Å²) in [5.74, 6) is 2.75. The summed E-state index contributed by atoms with van der Waals surface area (Å²) in [6.07, 6.45) is 13.9. The van der Waals surface area contributed by atoms with E-state index < -0.39 is 12.2 Å². The van der Waals surface area contributed by atoms with E-state index in [1.807, 2.05) is 24.3 Å². The van der Waals surface area contributed by atoms with Crippen LogP contribution in [0.2, 0.25) is 0 Å². The predicted octanol–water partition coefficient (Wildman–Crippen LogP) is 10.8. The number of alkyl halides is 2. The van der Waals surface area contributed by atoms with Gasteiger partial charge >= 0.3 is 6.11 Å². The zero-order chi connectivity index (χ0) is 26.3. The second-order valence-electron chi connectivity index (χ2n) is 11.6. The molecular formula is C34H46F2O. The molecule has 202 valence electrons. The van der Waals surface area contributed by atoms with E-state index in [9.17, 15) is 0 Å². The van der Waals surface area contributed by atoms with Gasteiger partial charge in [0.05, 0.1) is 11.7 Å². The largest absolute Gasteiger partial charge is 0.383 e. The quantitative estimate of drug-likeness (QED) is 0.290. The second kappa shape index (κ2) is 13.2. The molecular weight excluding hydrogens is 462 g/mol. The van der Waals surface area contributed by atoms with Crippen molar-refractivity contribution in [2.45, 2.75) is 115 Å². The summed E-state index contributed by atoms with van der Waals surface area (Å²) in [6, 6.07) is 15.1. The van der Waals surface area contributed by atoms with Crippen molar-refractivity contribution in [1.29, 1.82) is 0 Å². The molecule has 0 saturated heterocycles. The van der Waals surface area contributed by atoms with Gasteiger partial charge in [-0.2, -0.15) is 8.78 Å². The first-order valence-electron chi connectivity index (χ1n) is 14.8. The fourth-order valence-electron chi connectivity index (χ4n) is 6.53. The molecule has 1 atom stereocenters. The zero-order valence-corrected chi connectivity index (χ0v) is 23.1. The molecule has 2 aliphatic rings. The van der Waals surface area contributed by atoms with Gasteiger partial charge < -0.3 is 4.74 Å². The van der Waals surface area contributed by atoms with Gasteiger partial charge in [-0.1, -0.05) is 74.0 Å². The van der Waals surface area contributed by atoms with Crippen LogP contribution < -0.4 is 0 Å². The summed E-state index contributed by atoms with van der Waals surface area (Å²) in [5.41, 5.74) is 3.25. The third-order valence-electron chi connectivity index (χ3n) is 9.17. The van der Waals surface area contributed by atoms with E-state index in [0.29, 0.717) is 11.8 Å². The van der Waals surface area contributed by atoms with Crippen LogP contribution in [-0.2, 0) is 10.8 Å². The Hall–Kier alpha value is -2.00. The third-order valence-corrected chi connectivity index (χ3v) is 9.17. The Kier molecular flexibility index (Phi) is 9.98. The van der Waals surface area contributed by atoms with Gasteiger partial charge in [0.2, 0.25) is 0 Å². The molecule has 2 aromatic rings. The molecule has 4 rings (SSSR count). The normalized spacial score (nSPS) is 25.9. The highest BCUT2D eigenvalue weighted by Crippen LogP contribution is 2.41. The molecule has 2 aromatic carbocycles. The summed E-state index contributed by atoms with van der Waals surface area (Å²) in [6.45, 7) is 6.08. The van der Waals surface area contributed by atoms with Gasteiger partial charge in [-0.05, 0) is 118 Å². The van der Waals surface area contributed by atoms with Crippen LogP contribution in [0, 0.1) is 11.8 Å². The van der Waals surface area contributed by atoms with Crippen LogP contribution >= 0.6 is 0 Å². The number of hydrogen-bond donors (Lipinski definition) is 0. The number of allylic oxidation sites excluding steroid dienone is 2. The van der Waals surface area contributed by atoms with E-state index in [2.05, 4.69) is 38.1 Å². The topological polar surface area (TPSA) is 9.23 Å². The first kappa shape index (κ1) is 28.0. The summed E-state index contributed by atoms with van der Waals surface area (Å²) in [7, 11) is 0. The van der Waals surface area contributed by atoms with Crippen LogP contribution in [0.25, 0.3) is 0 Å². The van der Waals surface area contributed by atoms with Gasteiger partial charge in [-0.25, -0.2) is 0 Å². The number of rotatable bonds is 10. The summed E-state index contributed by atoms with van der Waals surface area (Å²) in [5, 5.41) is 0. The minimum absolute atomic E-state index is 0.0626. The minimum Gasteiger partial charge on any atom is -0.309 e. The smallest absolute Gasteiger partial charge is 0.309 e. The lowest BCUT2D eigenvalue weighted by molar-refractivity contribution is -0.272. The van der Waals surface area contributed by atoms with Crippen molar-refractivity contribution in [3.63, 3.8) is 0 Å². The van der Waals surface area contributed by atoms with E-state index in [0.717, 1.165) is 36.7 Å². The molecule has 2 fully saturated rings. The average molecular weight is 509 g/mol. The minimum atomic E-state index is -3.32. The van der Waals surface area contributed by atoms with E-state index in [4.69, 9.17) is 4.74 Å². The van der Waals surface area contributed by atoms with E-state index in [1.165, 1.54) is 62.5 Å². The fraction of sp³-hybridized carbons (Fsp3) is 0.588. The standard InChI is InChI=1S/C34H46F2O/c1-4-6-7-8-27-11-15-30(16-12-27)32-21-23-33(24-22-32)34(35,36)37-25(3)28-17-19-31(20-18-28)29-13-9-26(5-2)10-14-29/h4,6,17-27,29-30H,5,7-16H2,1-3H3/b6-4+. The zero-order valence-electron chi connectivity index (χ0n) is 23.1. The molecule has 2 saturated carbocycles. The lowest BCUT2D eigenvalue weighted by Gasteiger charge is -2.29. The van der Waals surface area contributed by atoms with E-state index >= 15 is 8.78 Å². The Morgan fingerprint density at radius 1 is 0.811 bits per heavy atom. The van der Waals surface area contributed by atoms with Crippen LogP contribution in [0.1, 0.15) is 132 Å². The lowest BCUT2D eigenvalue weighted by Crippen LogP contribution is -2.21. The summed E-state index contributed by atoms with van der Waals surface area (Å²) >= 11 is 0. The monoisotopic (exact) mass is 508 g/mol. The fourth-order valence-corrected chi connectivity index (χ4v) is 6.53. The average Bonchev–Trinajstić information content (AvgIpc) is 2.93. The molecule has 1 unspecified atom stereocenters. The summed E-state index contributed by atoms with van der Waals surface area (Å²) in [4.78, 5) is 0. The highest BCUT2D eigenvalue weighted by molar-refractivity contribution is 5.29. The molecule has 0 spiro atoms. The maximum Gasteiger partial charge on any atom is 0.383 e. The number of halogens is 2. The van der Waals surface area contributed by atoms with E-state index in [-0.39, 0.29) is 5.56 Å². The Balaban J connectivity index is 1.30. The molecule has 0 heterocycles. The van der Waals surface area contributed by atoms with Gasteiger partial charge in [0.25, 0.3) is 0 Å². The van der Waals surface area contributed by atoms with Crippen molar-refractivity contribution in [2.24, 2.45) is 11.8 Å². The Labute approximate surface area is 223 Å². The third kappa shape index (κ3) is 7.53. The first-order valence-corrected chi connectivity index (χ1v) is 14.8. The maximum absolute atomic E-state index is 15.1. The van der Waals surface area contributed by atoms with Gasteiger partial charge in [-0.3, -0.25) is 0 Å². The molecule has 3 heteroatoms. The Bertz CT molecular complexity index is 962.